The van der Waals surface area contributed by atoms with Gasteiger partial charge >= 0.3 is 0 Å². The van der Waals surface area contributed by atoms with E-state index in [2.05, 4.69) is 16.0 Å². The van der Waals surface area contributed by atoms with E-state index in [9.17, 15) is 44.4 Å². The fourth-order valence-electron chi connectivity index (χ4n) is 8.73. The molecule has 1 fully saturated rings. The van der Waals surface area contributed by atoms with Crippen molar-refractivity contribution < 1.29 is 58.6 Å². The van der Waals surface area contributed by atoms with Gasteiger partial charge in [-0.25, -0.2) is 0 Å². The lowest BCUT2D eigenvalue weighted by Gasteiger charge is -2.43. The van der Waals surface area contributed by atoms with Crippen LogP contribution in [0.2, 0.25) is 0 Å². The highest BCUT2D eigenvalue weighted by atomic mass is 16.7. The quantitative estimate of drug-likeness (QED) is 0.0912. The SMILES string of the molecule is COc1cccc2c1C(=O)c1c(O)c3c(c(O)c1C2=O)C[C@@](O)(C(C)=O)C[C@@H]3OC1CC(NCc2ccc(NC(=O)c3cc(NC(=O)c4cccn4C)cn3C)cc2)C(O)C(C)O1. The van der Waals surface area contributed by atoms with Gasteiger partial charge in [0.25, 0.3) is 11.8 Å². The van der Waals surface area contributed by atoms with Crippen molar-refractivity contribution in [3.63, 3.8) is 0 Å². The number of fused-ring (bicyclic) bond motifs is 3. The maximum atomic E-state index is 14.0. The van der Waals surface area contributed by atoms with Crippen LogP contribution in [0.3, 0.4) is 0 Å². The summed E-state index contributed by atoms with van der Waals surface area (Å²) in [4.78, 5) is 66.6. The Morgan fingerprint density at radius 3 is 2.27 bits per heavy atom. The number of nitrogens with one attached hydrogen (secondary N) is 3. The minimum atomic E-state index is -2.08. The zero-order chi connectivity index (χ0) is 45.1. The predicted octanol–water partition coefficient (Wildman–Crippen LogP) is 4.04. The van der Waals surface area contributed by atoms with Crippen molar-refractivity contribution >= 4 is 40.5 Å². The van der Waals surface area contributed by atoms with Gasteiger partial charge in [0, 0.05) is 80.7 Å². The van der Waals surface area contributed by atoms with Gasteiger partial charge in [-0.05, 0) is 55.8 Å². The van der Waals surface area contributed by atoms with Gasteiger partial charge in [-0.3, -0.25) is 24.0 Å². The van der Waals surface area contributed by atoms with Crippen molar-refractivity contribution in [3.05, 3.63) is 123 Å². The number of nitrogens with zero attached hydrogens (tertiary/aromatic N) is 2. The number of Topliss-reactive ketones (excluding diaryl/α,β-unsaturated/α-hetero) is 1. The number of phenolic OH excluding ortho intramolecular Hbond substituents is 2. The maximum Gasteiger partial charge on any atom is 0.272 e. The van der Waals surface area contributed by atoms with Crippen molar-refractivity contribution in [3.8, 4) is 17.2 Å². The molecule has 0 spiro atoms. The van der Waals surface area contributed by atoms with Crippen molar-refractivity contribution in [1.29, 1.82) is 0 Å². The molecule has 2 aliphatic carbocycles. The van der Waals surface area contributed by atoms with E-state index in [1.807, 2.05) is 0 Å². The van der Waals surface area contributed by atoms with Crippen LogP contribution in [0.5, 0.6) is 17.2 Å². The van der Waals surface area contributed by atoms with Gasteiger partial charge in [0.2, 0.25) is 5.78 Å². The van der Waals surface area contributed by atoms with Crippen molar-refractivity contribution in [2.45, 2.75) is 75.9 Å². The summed E-state index contributed by atoms with van der Waals surface area (Å²) in [5, 5.41) is 55.3. The number of ether oxygens (including phenoxy) is 3. The number of hydrogen-bond donors (Lipinski definition) is 7. The van der Waals surface area contributed by atoms with Crippen LogP contribution in [0, 0.1) is 0 Å². The first-order valence-corrected chi connectivity index (χ1v) is 20.3. The molecule has 63 heavy (non-hydrogen) atoms. The second kappa shape index (κ2) is 16.6. The maximum absolute atomic E-state index is 14.0. The Morgan fingerprint density at radius 1 is 0.889 bits per heavy atom. The van der Waals surface area contributed by atoms with Crippen LogP contribution in [0.15, 0.2) is 73.1 Å². The van der Waals surface area contributed by atoms with Crippen LogP contribution in [-0.4, -0.2) is 96.0 Å². The monoisotopic (exact) mass is 861 g/mol. The summed E-state index contributed by atoms with van der Waals surface area (Å²) in [6.07, 6.45) is -1.53. The van der Waals surface area contributed by atoms with E-state index in [1.165, 1.54) is 32.2 Å². The second-order valence-electron chi connectivity index (χ2n) is 16.3. The number of benzene rings is 3. The fraction of sp³-hybridized carbons (Fsp3) is 0.326. The molecule has 2 amide bonds. The normalized spacial score (nSPS) is 22.7. The number of aliphatic hydroxyl groups excluding tert-OH is 1. The molecule has 8 rings (SSSR count). The highest BCUT2D eigenvalue weighted by molar-refractivity contribution is 6.31. The molecule has 5 aromatic rings. The zero-order valence-corrected chi connectivity index (χ0v) is 35.1. The largest absolute Gasteiger partial charge is 0.507 e. The Labute approximate surface area is 361 Å². The third-order valence-corrected chi connectivity index (χ3v) is 12.2. The first kappa shape index (κ1) is 43.0. The Hall–Kier alpha value is -6.63. The van der Waals surface area contributed by atoms with E-state index in [0.717, 1.165) is 5.56 Å². The summed E-state index contributed by atoms with van der Waals surface area (Å²) >= 11 is 0. The third kappa shape index (κ3) is 7.78. The van der Waals surface area contributed by atoms with Crippen molar-refractivity contribution in [1.82, 2.24) is 14.5 Å². The summed E-state index contributed by atoms with van der Waals surface area (Å²) < 4.78 is 21.1. The van der Waals surface area contributed by atoms with Gasteiger partial charge in [-0.15, -0.1) is 0 Å². The number of carbonyl (C=O) groups is 5. The molecule has 0 radical (unpaired) electrons. The number of rotatable bonds is 11. The molecule has 3 aliphatic rings. The molecule has 1 aliphatic heterocycles. The number of aromatic nitrogens is 2. The topological polar surface area (TPSA) is 240 Å². The second-order valence-corrected chi connectivity index (χ2v) is 16.3. The van der Waals surface area contributed by atoms with E-state index >= 15 is 0 Å². The van der Waals surface area contributed by atoms with Gasteiger partial charge in [0.15, 0.2) is 17.9 Å². The number of amides is 2. The van der Waals surface area contributed by atoms with Crippen LogP contribution < -0.4 is 20.7 Å². The Kier molecular flexibility index (Phi) is 11.3. The lowest BCUT2D eigenvalue weighted by atomic mass is 9.72. The van der Waals surface area contributed by atoms with Crippen molar-refractivity contribution in [2.75, 3.05) is 17.7 Å². The van der Waals surface area contributed by atoms with E-state index in [1.54, 1.807) is 85.0 Å². The number of aromatic hydroxyl groups is 2. The molecule has 2 aromatic heterocycles. The number of methoxy groups -OCH3 is 1. The molecule has 328 valence electrons. The fourth-order valence-corrected chi connectivity index (χ4v) is 8.73. The summed E-state index contributed by atoms with van der Waals surface area (Å²) in [5.41, 5.74) is -0.695. The zero-order valence-electron chi connectivity index (χ0n) is 35.1. The van der Waals surface area contributed by atoms with Gasteiger partial charge in [0.1, 0.15) is 34.2 Å². The average Bonchev–Trinajstić information content (AvgIpc) is 3.86. The summed E-state index contributed by atoms with van der Waals surface area (Å²) in [6.45, 7) is 3.11. The number of aliphatic hydroxyl groups is 2. The van der Waals surface area contributed by atoms with E-state index in [4.69, 9.17) is 14.2 Å². The molecule has 3 aromatic carbocycles. The Balaban J connectivity index is 0.964. The first-order chi connectivity index (χ1) is 30.0. The Bertz CT molecular complexity index is 2690. The smallest absolute Gasteiger partial charge is 0.272 e. The Morgan fingerprint density at radius 2 is 1.59 bits per heavy atom. The van der Waals surface area contributed by atoms with E-state index in [0.29, 0.717) is 22.8 Å². The summed E-state index contributed by atoms with van der Waals surface area (Å²) in [7, 11) is 4.80. The third-order valence-electron chi connectivity index (χ3n) is 12.2. The molecule has 6 atom stereocenters. The lowest BCUT2D eigenvalue weighted by Crippen LogP contribution is -2.54. The molecule has 3 heterocycles. The van der Waals surface area contributed by atoms with E-state index in [-0.39, 0.29) is 59.2 Å². The molecular formula is C46H47N5O12. The van der Waals surface area contributed by atoms with Gasteiger partial charge in [-0.1, -0.05) is 24.3 Å². The molecule has 7 N–H and O–H groups in total. The molecule has 0 saturated carbocycles. The lowest BCUT2D eigenvalue weighted by molar-refractivity contribution is -0.249. The number of phenols is 2. The van der Waals surface area contributed by atoms with Crippen LogP contribution in [0.1, 0.15) is 102 Å². The molecule has 4 unspecified atom stereocenters. The number of ketones is 3. The highest BCUT2D eigenvalue weighted by Crippen LogP contribution is 2.52. The molecule has 1 saturated heterocycles. The molecule has 17 heteroatoms. The molecule has 17 nitrogen and oxygen atoms in total. The van der Waals surface area contributed by atoms with Gasteiger partial charge in [-0.2, -0.15) is 0 Å². The average molecular weight is 862 g/mol. The highest BCUT2D eigenvalue weighted by Gasteiger charge is 2.49. The molecule has 0 bridgehead atoms. The standard InChI is InChI=1S/C46H47N5O12/c1-22-39(53)29(47-20-24-11-13-25(14-12-24)48-45(59)31-16-26(21-51(31)4)49-44(58)30-9-7-15-50(30)3)17-34(62-22)63-33-19-46(60,23(2)52)18-28-36(33)43(57)38-37(41(28)55)40(54)27-8-6-10-32(61-5)35(27)42(38)56/h6-16,21-22,29,33-34,39,47,53,55,57,60H,17-20H2,1-5H3,(H,48,59)(H,49,58)/t22?,29?,33-,34?,39?,46-/m0/s1. The number of aryl methyl sites for hydroxylation is 2. The van der Waals surface area contributed by atoms with Crippen LogP contribution in [-0.2, 0) is 41.3 Å². The predicted molar refractivity (Wildman–Crippen MR) is 226 cm³/mol. The first-order valence-electron chi connectivity index (χ1n) is 20.3. The van der Waals surface area contributed by atoms with Crippen LogP contribution in [0.4, 0.5) is 11.4 Å². The minimum Gasteiger partial charge on any atom is -0.507 e. The van der Waals surface area contributed by atoms with Gasteiger partial charge < -0.3 is 59.7 Å². The van der Waals surface area contributed by atoms with Crippen LogP contribution >= 0.6 is 0 Å². The number of carbonyl (C=O) groups excluding carboxylic acids is 5. The number of hydrogen-bond acceptors (Lipinski definition) is 13. The van der Waals surface area contributed by atoms with Crippen molar-refractivity contribution in [2.24, 2.45) is 14.1 Å². The van der Waals surface area contributed by atoms with Crippen LogP contribution in [0.25, 0.3) is 0 Å². The number of anilines is 2. The summed E-state index contributed by atoms with van der Waals surface area (Å²) in [5.74, 6) is -4.04. The van der Waals surface area contributed by atoms with Gasteiger partial charge in [0.05, 0.1) is 47.8 Å². The van der Waals surface area contributed by atoms with E-state index < -0.39 is 82.6 Å². The summed E-state index contributed by atoms with van der Waals surface area (Å²) in [6, 6.07) is 15.9. The molecular weight excluding hydrogens is 815 g/mol. The minimum absolute atomic E-state index is 0.0402.